The van der Waals surface area contributed by atoms with Crippen LogP contribution in [0, 0.1) is 0 Å². The molecule has 0 spiro atoms. The van der Waals surface area contributed by atoms with Crippen LogP contribution in [0.15, 0.2) is 78.9 Å². The second-order valence-electron chi connectivity index (χ2n) is 9.45. The predicted molar refractivity (Wildman–Crippen MR) is 144 cm³/mol. The molecule has 0 aliphatic heterocycles. The molecule has 0 fully saturated rings. The van der Waals surface area contributed by atoms with Crippen molar-refractivity contribution in [2.45, 2.75) is 59.7 Å². The quantitative estimate of drug-likeness (QED) is 0.452. The molecule has 3 rings (SSSR count). The van der Waals surface area contributed by atoms with Gasteiger partial charge < -0.3 is 0 Å². The summed E-state index contributed by atoms with van der Waals surface area (Å²) in [6.07, 6.45) is 0. The summed E-state index contributed by atoms with van der Waals surface area (Å²) in [5, 5.41) is 8.09. The molecule has 2 nitrogen and oxygen atoms in total. The number of nitrogens with zero attached hydrogens (tertiary/aromatic N) is 1. The number of hydrogen-bond donors (Lipinski definition) is 1. The second-order valence-corrected chi connectivity index (χ2v) is 13.4. The standard InChI is InChI=1S/C28H39N2P/c1-21(2)29-25-17-11-13-19-27(25)31(7,24-15-9-8-10-16-24)28-20-14-12-18-26(28)30(22(3)4)23(5)6/h8-23,29,31H,1-7H3. The molecular weight excluding hydrogens is 395 g/mol. The van der Waals surface area contributed by atoms with Crippen molar-refractivity contribution in [2.75, 3.05) is 16.9 Å². The first kappa shape index (κ1) is 23.4. The molecule has 0 amide bonds. The van der Waals surface area contributed by atoms with E-state index < -0.39 is 7.26 Å². The van der Waals surface area contributed by atoms with Crippen LogP contribution in [-0.4, -0.2) is 24.8 Å². The van der Waals surface area contributed by atoms with Crippen molar-refractivity contribution in [1.82, 2.24) is 0 Å². The Morgan fingerprint density at radius 1 is 0.645 bits per heavy atom. The molecule has 0 radical (unpaired) electrons. The zero-order valence-corrected chi connectivity index (χ0v) is 21.2. The van der Waals surface area contributed by atoms with E-state index in [1.807, 2.05) is 0 Å². The molecule has 0 heterocycles. The van der Waals surface area contributed by atoms with Crippen LogP contribution in [0.1, 0.15) is 41.5 Å². The molecule has 166 valence electrons. The molecule has 0 saturated heterocycles. The van der Waals surface area contributed by atoms with Gasteiger partial charge in [-0.25, -0.2) is 0 Å². The average molecular weight is 435 g/mol. The Bertz CT molecular complexity index is 973. The van der Waals surface area contributed by atoms with Crippen LogP contribution in [0.2, 0.25) is 0 Å². The first-order chi connectivity index (χ1) is 14.8. The number of para-hydroxylation sites is 2. The molecule has 0 aliphatic rings. The van der Waals surface area contributed by atoms with Crippen LogP contribution in [0.25, 0.3) is 0 Å². The van der Waals surface area contributed by atoms with Crippen molar-refractivity contribution in [2.24, 2.45) is 0 Å². The molecular formula is C28H39N2P. The van der Waals surface area contributed by atoms with Gasteiger partial charge >= 0.3 is 190 Å². The molecule has 3 heteroatoms. The van der Waals surface area contributed by atoms with Gasteiger partial charge in [-0.1, -0.05) is 0 Å². The van der Waals surface area contributed by atoms with E-state index in [0.717, 1.165) is 0 Å². The number of rotatable bonds is 8. The van der Waals surface area contributed by atoms with Gasteiger partial charge in [0.05, 0.1) is 0 Å². The van der Waals surface area contributed by atoms with Gasteiger partial charge in [0.25, 0.3) is 0 Å². The Morgan fingerprint density at radius 2 is 1.16 bits per heavy atom. The topological polar surface area (TPSA) is 15.3 Å². The van der Waals surface area contributed by atoms with E-state index in [9.17, 15) is 0 Å². The van der Waals surface area contributed by atoms with E-state index in [-0.39, 0.29) is 0 Å². The maximum atomic E-state index is 3.73. The molecule has 0 unspecified atom stereocenters. The Balaban J connectivity index is 2.35. The van der Waals surface area contributed by atoms with E-state index in [1.54, 1.807) is 0 Å². The van der Waals surface area contributed by atoms with Crippen LogP contribution in [-0.2, 0) is 0 Å². The van der Waals surface area contributed by atoms with Gasteiger partial charge in [-0.15, -0.1) is 0 Å². The fourth-order valence-corrected chi connectivity index (χ4v) is 8.91. The summed E-state index contributed by atoms with van der Waals surface area (Å²) >= 11 is 0. The van der Waals surface area contributed by atoms with Crippen molar-refractivity contribution in [3.05, 3.63) is 78.9 Å². The first-order valence-electron chi connectivity index (χ1n) is 11.6. The van der Waals surface area contributed by atoms with Gasteiger partial charge in [0, 0.05) is 0 Å². The molecule has 3 aromatic carbocycles. The van der Waals surface area contributed by atoms with Gasteiger partial charge in [-0.05, 0) is 0 Å². The van der Waals surface area contributed by atoms with E-state index in [1.165, 1.54) is 27.3 Å². The van der Waals surface area contributed by atoms with Gasteiger partial charge in [-0.3, -0.25) is 0 Å². The zero-order valence-electron chi connectivity index (χ0n) is 20.2. The van der Waals surface area contributed by atoms with Crippen molar-refractivity contribution in [3.8, 4) is 0 Å². The molecule has 0 aromatic heterocycles. The average Bonchev–Trinajstić information content (AvgIpc) is 2.74. The van der Waals surface area contributed by atoms with Crippen molar-refractivity contribution >= 4 is 34.6 Å². The molecule has 0 aliphatic carbocycles. The number of benzene rings is 3. The minimum absolute atomic E-state index is 0.383. The first-order valence-corrected chi connectivity index (χ1v) is 14.1. The molecule has 0 atom stereocenters. The van der Waals surface area contributed by atoms with Crippen LogP contribution in [0.4, 0.5) is 11.4 Å². The molecule has 3 aromatic rings. The predicted octanol–water partition coefficient (Wildman–Crippen LogP) is 5.79. The fourth-order valence-electron chi connectivity index (χ4n) is 4.86. The molecule has 1 N–H and O–H groups in total. The third-order valence-electron chi connectivity index (χ3n) is 6.09. The normalized spacial score (nSPS) is 12.5. The van der Waals surface area contributed by atoms with Gasteiger partial charge in [0.15, 0.2) is 0 Å². The maximum absolute atomic E-state index is 3.73. The zero-order chi connectivity index (χ0) is 22.6. The van der Waals surface area contributed by atoms with Crippen molar-refractivity contribution in [3.63, 3.8) is 0 Å². The summed E-state index contributed by atoms with van der Waals surface area (Å²) in [6.45, 7) is 16.1. The van der Waals surface area contributed by atoms with Crippen LogP contribution in [0.5, 0.6) is 0 Å². The van der Waals surface area contributed by atoms with Crippen LogP contribution in [0.3, 0.4) is 0 Å². The summed E-state index contributed by atoms with van der Waals surface area (Å²) < 4.78 is 0. The third-order valence-corrected chi connectivity index (χ3v) is 10.6. The number of anilines is 2. The fraction of sp³-hybridized carbons (Fsp3) is 0.357. The summed E-state index contributed by atoms with van der Waals surface area (Å²) in [5.41, 5.74) is 2.62. The summed E-state index contributed by atoms with van der Waals surface area (Å²) in [6, 6.07) is 30.4. The molecule has 0 saturated carbocycles. The Hall–Kier alpha value is -2.31. The molecule has 0 bridgehead atoms. The summed E-state index contributed by atoms with van der Waals surface area (Å²) in [5.74, 6) is 0. The Morgan fingerprint density at radius 3 is 1.74 bits per heavy atom. The monoisotopic (exact) mass is 434 g/mol. The number of nitrogens with one attached hydrogen (secondary N) is 1. The number of hydrogen-bond acceptors (Lipinski definition) is 2. The van der Waals surface area contributed by atoms with E-state index in [0.29, 0.717) is 18.1 Å². The SMILES string of the molecule is CC(C)Nc1ccccc1[PH](C)(c1ccccc1)c1ccccc1N(C(C)C)C(C)C. The van der Waals surface area contributed by atoms with Crippen molar-refractivity contribution in [1.29, 1.82) is 0 Å². The van der Waals surface area contributed by atoms with Gasteiger partial charge in [0.1, 0.15) is 0 Å². The van der Waals surface area contributed by atoms with E-state index in [4.69, 9.17) is 0 Å². The van der Waals surface area contributed by atoms with E-state index >= 15 is 0 Å². The van der Waals surface area contributed by atoms with Gasteiger partial charge in [0.2, 0.25) is 0 Å². The van der Waals surface area contributed by atoms with Crippen LogP contribution >= 0.6 is 7.26 Å². The minimum atomic E-state index is -2.29. The van der Waals surface area contributed by atoms with E-state index in [2.05, 4.69) is 137 Å². The third kappa shape index (κ3) is 4.80. The second kappa shape index (κ2) is 9.88. The summed E-state index contributed by atoms with van der Waals surface area (Å²) in [4.78, 5) is 2.57. The Labute approximate surface area is 190 Å². The molecule has 31 heavy (non-hydrogen) atoms. The Kier molecular flexibility index (Phi) is 7.44. The summed E-state index contributed by atoms with van der Waals surface area (Å²) in [7, 11) is -2.29. The van der Waals surface area contributed by atoms with Crippen LogP contribution < -0.4 is 26.1 Å². The van der Waals surface area contributed by atoms with Crippen molar-refractivity contribution < 1.29 is 0 Å². The van der Waals surface area contributed by atoms with Gasteiger partial charge in [-0.2, -0.15) is 0 Å².